The number of ether oxygens (including phenoxy) is 2. The summed E-state index contributed by atoms with van der Waals surface area (Å²) in [4.78, 5) is 8.88. The Hall–Kier alpha value is -2.35. The van der Waals surface area contributed by atoms with Gasteiger partial charge in [0.2, 0.25) is 0 Å². The minimum absolute atomic E-state index is 0.158. The van der Waals surface area contributed by atoms with Gasteiger partial charge in [-0.1, -0.05) is 0 Å². The molecule has 0 aliphatic heterocycles. The van der Waals surface area contributed by atoms with Crippen LogP contribution in [-0.4, -0.2) is 36.9 Å². The third-order valence-corrected chi connectivity index (χ3v) is 5.99. The topological polar surface area (TPSA) is 69.7 Å². The van der Waals surface area contributed by atoms with Crippen LogP contribution in [0.25, 0.3) is 10.9 Å². The number of pyridine rings is 1. The van der Waals surface area contributed by atoms with Gasteiger partial charge in [-0.3, -0.25) is 4.99 Å². The molecule has 2 N–H and O–H groups in total. The Bertz CT molecular complexity index is 970. The second-order valence-electron chi connectivity index (χ2n) is 8.32. The molecule has 1 aromatic heterocycles. The minimum Gasteiger partial charge on any atom is -0.403 e. The lowest BCUT2D eigenvalue weighted by atomic mass is 10.0. The van der Waals surface area contributed by atoms with Gasteiger partial charge in [0.15, 0.2) is 5.75 Å². The van der Waals surface area contributed by atoms with Gasteiger partial charge in [0.1, 0.15) is 17.0 Å². The van der Waals surface area contributed by atoms with E-state index in [4.69, 9.17) is 10.5 Å². The fourth-order valence-electron chi connectivity index (χ4n) is 4.18. The van der Waals surface area contributed by atoms with Gasteiger partial charge in [-0.05, 0) is 80.2 Å². The van der Waals surface area contributed by atoms with Crippen molar-refractivity contribution in [2.24, 2.45) is 16.6 Å². The molecule has 2 atom stereocenters. The van der Waals surface area contributed by atoms with Gasteiger partial charge in [0, 0.05) is 19.0 Å². The van der Waals surface area contributed by atoms with E-state index in [0.717, 1.165) is 43.2 Å². The summed E-state index contributed by atoms with van der Waals surface area (Å²) in [6.07, 6.45) is 0.387. The van der Waals surface area contributed by atoms with Crippen molar-refractivity contribution in [3.63, 3.8) is 0 Å². The summed E-state index contributed by atoms with van der Waals surface area (Å²) in [5, 5.41) is 0.647. The molecule has 2 aliphatic carbocycles. The maximum Gasteiger partial charge on any atom is 0.573 e. The molecule has 4 rings (SSSR count). The smallest absolute Gasteiger partial charge is 0.403 e. The van der Waals surface area contributed by atoms with Crippen molar-refractivity contribution < 1.29 is 22.6 Å². The van der Waals surface area contributed by atoms with Crippen LogP contribution in [0.3, 0.4) is 0 Å². The zero-order valence-electron chi connectivity index (χ0n) is 17.1. The Kier molecular flexibility index (Phi) is 5.61. The fourth-order valence-corrected chi connectivity index (χ4v) is 4.18. The molecule has 8 heteroatoms. The number of nitrogens with zero attached hydrogens (tertiary/aromatic N) is 2. The molecule has 5 nitrogen and oxygen atoms in total. The lowest BCUT2D eigenvalue weighted by Gasteiger charge is -2.15. The Morgan fingerprint density at radius 2 is 1.97 bits per heavy atom. The highest BCUT2D eigenvalue weighted by molar-refractivity contribution is 5.99. The van der Waals surface area contributed by atoms with E-state index in [9.17, 15) is 13.2 Å². The molecule has 0 unspecified atom stereocenters. The monoisotopic (exact) mass is 421 g/mol. The maximum atomic E-state index is 13.0. The number of alkyl halides is 3. The fraction of sp³-hybridized carbons (Fsp3) is 0.545. The molecule has 2 saturated carbocycles. The number of nitrogens with two attached hydrogens (primary N) is 1. The van der Waals surface area contributed by atoms with Crippen molar-refractivity contribution in [3.05, 3.63) is 35.0 Å². The average Bonchev–Trinajstić information content (AvgIpc) is 3.43. The molecule has 2 aliphatic rings. The first kappa shape index (κ1) is 20.9. The van der Waals surface area contributed by atoms with Crippen molar-refractivity contribution in [2.45, 2.75) is 57.4 Å². The van der Waals surface area contributed by atoms with Crippen LogP contribution < -0.4 is 10.5 Å². The standard InChI is InChI=1S/C22H26F3N3O2/c1-12-7-18(21(26)27-11-13-3-6-16(8-13)29-2)28-20-17(12)9-15(14-4-5-14)10-19(20)30-22(23,24)25/h7,9-10,13-14,16H,3-6,8,11H2,1-2H3,(H2,26,27)/t13-,16-/m0/s1. The molecule has 0 bridgehead atoms. The van der Waals surface area contributed by atoms with Gasteiger partial charge in [-0.2, -0.15) is 0 Å². The van der Waals surface area contributed by atoms with E-state index < -0.39 is 6.36 Å². The van der Waals surface area contributed by atoms with E-state index in [1.165, 1.54) is 6.07 Å². The summed E-state index contributed by atoms with van der Waals surface area (Å²) in [7, 11) is 1.71. The van der Waals surface area contributed by atoms with Crippen LogP contribution in [0.4, 0.5) is 13.2 Å². The van der Waals surface area contributed by atoms with Crippen molar-refractivity contribution in [2.75, 3.05) is 13.7 Å². The SMILES string of the molecule is CO[C@H]1CC[C@H](CN=C(N)c2cc(C)c3cc(C4CC4)cc(OC(F)(F)F)c3n2)C1. The summed E-state index contributed by atoms with van der Waals surface area (Å²) in [6.45, 7) is 2.39. The van der Waals surface area contributed by atoms with Crippen LogP contribution in [0.1, 0.15) is 54.8 Å². The average molecular weight is 421 g/mol. The largest absolute Gasteiger partial charge is 0.573 e. The number of fused-ring (bicyclic) bond motifs is 1. The first-order chi connectivity index (χ1) is 14.2. The van der Waals surface area contributed by atoms with Gasteiger partial charge < -0.3 is 15.2 Å². The Balaban J connectivity index is 1.66. The van der Waals surface area contributed by atoms with Crippen molar-refractivity contribution in [1.29, 1.82) is 0 Å². The Morgan fingerprint density at radius 1 is 1.20 bits per heavy atom. The second-order valence-corrected chi connectivity index (χ2v) is 8.32. The van der Waals surface area contributed by atoms with E-state index >= 15 is 0 Å². The van der Waals surface area contributed by atoms with Gasteiger partial charge in [-0.25, -0.2) is 4.98 Å². The Labute approximate surface area is 173 Å². The predicted molar refractivity (Wildman–Crippen MR) is 109 cm³/mol. The van der Waals surface area contributed by atoms with Gasteiger partial charge in [0.05, 0.1) is 6.10 Å². The summed E-state index contributed by atoms with van der Waals surface area (Å²) >= 11 is 0. The first-order valence-corrected chi connectivity index (χ1v) is 10.3. The van der Waals surface area contributed by atoms with Crippen LogP contribution in [0, 0.1) is 12.8 Å². The highest BCUT2D eigenvalue weighted by Crippen LogP contribution is 2.44. The van der Waals surface area contributed by atoms with E-state index in [1.807, 2.05) is 13.0 Å². The van der Waals surface area contributed by atoms with Gasteiger partial charge in [-0.15, -0.1) is 13.2 Å². The molecule has 2 fully saturated rings. The van der Waals surface area contributed by atoms with Crippen LogP contribution in [0.2, 0.25) is 0 Å². The van der Waals surface area contributed by atoms with E-state index in [0.29, 0.717) is 23.5 Å². The number of hydrogen-bond donors (Lipinski definition) is 1. The van der Waals surface area contributed by atoms with Crippen LogP contribution >= 0.6 is 0 Å². The number of rotatable bonds is 6. The van der Waals surface area contributed by atoms with Crippen molar-refractivity contribution in [1.82, 2.24) is 4.98 Å². The number of halogens is 3. The zero-order chi connectivity index (χ0) is 21.5. The van der Waals surface area contributed by atoms with Crippen LogP contribution in [0.15, 0.2) is 23.2 Å². The molecule has 0 radical (unpaired) electrons. The van der Waals surface area contributed by atoms with E-state index in [2.05, 4.69) is 14.7 Å². The summed E-state index contributed by atoms with van der Waals surface area (Å²) in [5.74, 6) is 0.627. The number of hydrogen-bond acceptors (Lipinski definition) is 4. The lowest BCUT2D eigenvalue weighted by molar-refractivity contribution is -0.274. The molecule has 2 aromatic rings. The number of aromatic nitrogens is 1. The van der Waals surface area contributed by atoms with E-state index in [-0.39, 0.29) is 29.1 Å². The quantitative estimate of drug-likeness (QED) is 0.535. The number of aryl methyl sites for hydroxylation is 1. The third-order valence-electron chi connectivity index (χ3n) is 5.99. The summed E-state index contributed by atoms with van der Waals surface area (Å²) < 4.78 is 48.8. The molecular weight excluding hydrogens is 395 g/mol. The number of benzene rings is 1. The molecular formula is C22H26F3N3O2. The zero-order valence-corrected chi connectivity index (χ0v) is 17.1. The van der Waals surface area contributed by atoms with Gasteiger partial charge >= 0.3 is 6.36 Å². The molecule has 162 valence electrons. The molecule has 0 amide bonds. The Morgan fingerprint density at radius 3 is 2.60 bits per heavy atom. The number of methoxy groups -OCH3 is 1. The highest BCUT2D eigenvalue weighted by Gasteiger charge is 2.34. The van der Waals surface area contributed by atoms with Crippen molar-refractivity contribution >= 4 is 16.7 Å². The van der Waals surface area contributed by atoms with Crippen LogP contribution in [0.5, 0.6) is 5.75 Å². The second kappa shape index (κ2) is 8.06. The maximum absolute atomic E-state index is 13.0. The molecule has 0 spiro atoms. The molecule has 1 heterocycles. The lowest BCUT2D eigenvalue weighted by Crippen LogP contribution is -2.19. The van der Waals surface area contributed by atoms with E-state index in [1.54, 1.807) is 13.2 Å². The molecule has 30 heavy (non-hydrogen) atoms. The van der Waals surface area contributed by atoms with Crippen LogP contribution in [-0.2, 0) is 4.74 Å². The van der Waals surface area contributed by atoms with Crippen molar-refractivity contribution in [3.8, 4) is 5.75 Å². The normalized spacial score (nSPS) is 22.6. The van der Waals surface area contributed by atoms with Gasteiger partial charge in [0.25, 0.3) is 0 Å². The first-order valence-electron chi connectivity index (χ1n) is 10.3. The third kappa shape index (κ3) is 4.69. The number of aliphatic imine (C=N–C) groups is 1. The summed E-state index contributed by atoms with van der Waals surface area (Å²) in [6, 6.07) is 5.15. The molecule has 0 saturated heterocycles. The number of amidine groups is 1. The predicted octanol–water partition coefficient (Wildman–Crippen LogP) is 4.84. The minimum atomic E-state index is -4.79. The summed E-state index contributed by atoms with van der Waals surface area (Å²) in [5.41, 5.74) is 8.34. The highest BCUT2D eigenvalue weighted by atomic mass is 19.4. The molecule has 1 aromatic carbocycles.